The van der Waals surface area contributed by atoms with Gasteiger partial charge < -0.3 is 14.4 Å². The van der Waals surface area contributed by atoms with E-state index in [1.807, 2.05) is 33.7 Å². The Kier molecular flexibility index (Phi) is 4.39. The van der Waals surface area contributed by atoms with Gasteiger partial charge in [0, 0.05) is 32.4 Å². The van der Waals surface area contributed by atoms with Gasteiger partial charge >= 0.3 is 0 Å². The maximum absolute atomic E-state index is 12.9. The molecule has 1 aliphatic heterocycles. The minimum absolute atomic E-state index is 0.0192. The third-order valence-corrected chi connectivity index (χ3v) is 5.17. The van der Waals surface area contributed by atoms with Gasteiger partial charge in [-0.1, -0.05) is 30.3 Å². The summed E-state index contributed by atoms with van der Waals surface area (Å²) in [5, 5.41) is 6.74. The topological polar surface area (TPSA) is 95.8 Å². The molecule has 4 aromatic rings. The molecule has 146 valence electrons. The molecule has 1 saturated heterocycles. The number of amides is 1. The molecule has 0 aliphatic carbocycles. The van der Waals surface area contributed by atoms with Crippen LogP contribution in [0, 0.1) is 0 Å². The van der Waals surface area contributed by atoms with Crippen LogP contribution < -0.4 is 4.90 Å². The molecule has 0 unspecified atom stereocenters. The van der Waals surface area contributed by atoms with Crippen LogP contribution in [0.25, 0.3) is 11.2 Å². The Hall–Kier alpha value is -3.75. The van der Waals surface area contributed by atoms with E-state index in [1.165, 1.54) is 11.9 Å². The lowest BCUT2D eigenvalue weighted by Gasteiger charge is -2.34. The van der Waals surface area contributed by atoms with Crippen molar-refractivity contribution < 1.29 is 4.79 Å². The Morgan fingerprint density at radius 2 is 1.86 bits per heavy atom. The molecule has 9 heteroatoms. The third-order valence-electron chi connectivity index (χ3n) is 5.17. The van der Waals surface area contributed by atoms with Crippen LogP contribution in [0.15, 0.2) is 55.2 Å². The van der Waals surface area contributed by atoms with Crippen molar-refractivity contribution in [2.75, 3.05) is 31.1 Å². The van der Waals surface area contributed by atoms with Crippen LogP contribution in [0.4, 0.5) is 5.95 Å². The van der Waals surface area contributed by atoms with Crippen molar-refractivity contribution in [1.82, 2.24) is 34.6 Å². The lowest BCUT2D eigenvalue weighted by atomic mass is 10.2. The van der Waals surface area contributed by atoms with Crippen LogP contribution in [0.5, 0.6) is 0 Å². The lowest BCUT2D eigenvalue weighted by Crippen LogP contribution is -2.49. The lowest BCUT2D eigenvalue weighted by molar-refractivity contribution is 0.0746. The fourth-order valence-corrected chi connectivity index (χ4v) is 3.62. The van der Waals surface area contributed by atoms with Gasteiger partial charge in [-0.25, -0.2) is 15.1 Å². The molecule has 1 amide bonds. The number of hydrogen-bond donors (Lipinski definition) is 1. The molecule has 0 saturated carbocycles. The quantitative estimate of drug-likeness (QED) is 0.570. The van der Waals surface area contributed by atoms with Gasteiger partial charge in [0.25, 0.3) is 5.91 Å². The molecule has 3 aromatic heterocycles. The first-order chi connectivity index (χ1) is 14.3. The molecule has 1 fully saturated rings. The molecule has 1 N–H and O–H groups in total. The van der Waals surface area contributed by atoms with Gasteiger partial charge in [-0.2, -0.15) is 10.1 Å². The molecule has 29 heavy (non-hydrogen) atoms. The molecule has 0 bridgehead atoms. The summed E-state index contributed by atoms with van der Waals surface area (Å²) in [4.78, 5) is 30.0. The average Bonchev–Trinajstić information content (AvgIpc) is 3.44. The van der Waals surface area contributed by atoms with Crippen LogP contribution in [0.2, 0.25) is 0 Å². The summed E-state index contributed by atoms with van der Waals surface area (Å²) >= 11 is 0. The number of benzene rings is 1. The highest BCUT2D eigenvalue weighted by atomic mass is 16.2. The van der Waals surface area contributed by atoms with Crippen molar-refractivity contribution in [1.29, 1.82) is 0 Å². The van der Waals surface area contributed by atoms with E-state index in [2.05, 4.69) is 42.2 Å². The number of carbonyl (C=O) groups excluding carboxylic acids is 1. The Balaban J connectivity index is 1.30. The van der Waals surface area contributed by atoms with Gasteiger partial charge in [0.1, 0.15) is 11.8 Å². The van der Waals surface area contributed by atoms with Crippen molar-refractivity contribution in [2.24, 2.45) is 0 Å². The molecular weight excluding hydrogens is 368 g/mol. The number of pyridine rings is 1. The van der Waals surface area contributed by atoms with E-state index in [1.54, 1.807) is 12.5 Å². The second-order valence-corrected chi connectivity index (χ2v) is 7.01. The number of anilines is 1. The predicted molar refractivity (Wildman–Crippen MR) is 108 cm³/mol. The number of nitrogens with zero attached hydrogens (tertiary/aromatic N) is 7. The number of hydrogen-bond acceptors (Lipinski definition) is 6. The van der Waals surface area contributed by atoms with Crippen LogP contribution in [0.3, 0.4) is 0 Å². The van der Waals surface area contributed by atoms with E-state index in [0.29, 0.717) is 38.3 Å². The summed E-state index contributed by atoms with van der Waals surface area (Å²) in [5.74, 6) is 0.721. The van der Waals surface area contributed by atoms with E-state index in [9.17, 15) is 4.79 Å². The summed E-state index contributed by atoms with van der Waals surface area (Å²) < 4.78 is 2.00. The standard InChI is InChI=1S/C20H20N8O/c29-19(26-6-8-27(9-7-26)20-22-13-24-25-20)16-10-17-18(21-11-16)28(14-23-17)12-15-4-2-1-3-5-15/h1-5,10-11,13-14H,6-9,12H2,(H,22,24,25). The Morgan fingerprint density at radius 1 is 1.03 bits per heavy atom. The van der Waals surface area contributed by atoms with Crippen molar-refractivity contribution in [3.63, 3.8) is 0 Å². The zero-order valence-corrected chi connectivity index (χ0v) is 15.8. The number of H-pyrrole nitrogens is 1. The van der Waals surface area contributed by atoms with E-state index in [0.717, 1.165) is 17.1 Å². The van der Waals surface area contributed by atoms with Crippen LogP contribution >= 0.6 is 0 Å². The summed E-state index contributed by atoms with van der Waals surface area (Å²) in [5.41, 5.74) is 3.25. The van der Waals surface area contributed by atoms with Gasteiger partial charge in [0.15, 0.2) is 5.65 Å². The minimum Gasteiger partial charge on any atom is -0.338 e. The fourth-order valence-electron chi connectivity index (χ4n) is 3.62. The molecule has 0 spiro atoms. The number of rotatable bonds is 4. The minimum atomic E-state index is -0.0192. The number of piperazine rings is 1. The second-order valence-electron chi connectivity index (χ2n) is 7.01. The Morgan fingerprint density at radius 3 is 2.62 bits per heavy atom. The average molecular weight is 388 g/mol. The predicted octanol–water partition coefficient (Wildman–Crippen LogP) is 1.56. The highest BCUT2D eigenvalue weighted by molar-refractivity contribution is 5.96. The normalized spacial score (nSPS) is 14.5. The van der Waals surface area contributed by atoms with Crippen molar-refractivity contribution in [2.45, 2.75) is 6.54 Å². The van der Waals surface area contributed by atoms with Gasteiger partial charge in [0.05, 0.1) is 18.4 Å². The molecule has 1 aliphatic rings. The first-order valence-electron chi connectivity index (χ1n) is 9.52. The zero-order chi connectivity index (χ0) is 19.6. The number of fused-ring (bicyclic) bond motifs is 1. The van der Waals surface area contributed by atoms with E-state index in [-0.39, 0.29) is 5.91 Å². The maximum Gasteiger partial charge on any atom is 0.255 e. The van der Waals surface area contributed by atoms with Crippen LogP contribution in [-0.4, -0.2) is 66.7 Å². The molecule has 4 heterocycles. The van der Waals surface area contributed by atoms with Crippen molar-refractivity contribution >= 4 is 23.0 Å². The molecule has 9 nitrogen and oxygen atoms in total. The summed E-state index contributed by atoms with van der Waals surface area (Å²) in [7, 11) is 0. The number of imidazole rings is 1. The van der Waals surface area contributed by atoms with E-state index in [4.69, 9.17) is 0 Å². The number of aromatic amines is 1. The number of carbonyl (C=O) groups is 1. The van der Waals surface area contributed by atoms with Crippen LogP contribution in [0.1, 0.15) is 15.9 Å². The van der Waals surface area contributed by atoms with Crippen molar-refractivity contribution in [3.05, 3.63) is 66.4 Å². The fraction of sp³-hybridized carbons (Fsp3) is 0.250. The summed E-state index contributed by atoms with van der Waals surface area (Å²) in [6.45, 7) is 3.37. The summed E-state index contributed by atoms with van der Waals surface area (Å²) in [6, 6.07) is 12.0. The van der Waals surface area contributed by atoms with Crippen LogP contribution in [-0.2, 0) is 6.54 Å². The highest BCUT2D eigenvalue weighted by Gasteiger charge is 2.24. The van der Waals surface area contributed by atoms with Gasteiger partial charge in [-0.15, -0.1) is 0 Å². The first kappa shape index (κ1) is 17.4. The first-order valence-corrected chi connectivity index (χ1v) is 9.52. The second kappa shape index (κ2) is 7.34. The molecular formula is C20H20N8O. The van der Waals surface area contributed by atoms with Gasteiger partial charge in [0.2, 0.25) is 5.95 Å². The van der Waals surface area contributed by atoms with Gasteiger partial charge in [-0.3, -0.25) is 4.79 Å². The zero-order valence-electron chi connectivity index (χ0n) is 15.8. The molecule has 1 aromatic carbocycles. The SMILES string of the molecule is O=C(c1cnc2c(c1)ncn2Cc1ccccc1)N1CCN(c2ncn[nH]2)CC1. The largest absolute Gasteiger partial charge is 0.338 e. The van der Waals surface area contributed by atoms with E-state index >= 15 is 0 Å². The maximum atomic E-state index is 12.9. The Labute approximate surface area is 167 Å². The third kappa shape index (κ3) is 3.42. The molecule has 5 rings (SSSR count). The molecule has 0 atom stereocenters. The Bertz CT molecular complexity index is 1110. The molecule has 0 radical (unpaired) electrons. The monoisotopic (exact) mass is 388 g/mol. The number of nitrogens with one attached hydrogen (secondary N) is 1. The highest BCUT2D eigenvalue weighted by Crippen LogP contribution is 2.17. The van der Waals surface area contributed by atoms with Crippen molar-refractivity contribution in [3.8, 4) is 0 Å². The summed E-state index contributed by atoms with van der Waals surface area (Å²) in [6.07, 6.45) is 4.91. The van der Waals surface area contributed by atoms with E-state index < -0.39 is 0 Å². The van der Waals surface area contributed by atoms with Gasteiger partial charge in [-0.05, 0) is 11.6 Å². The number of aromatic nitrogens is 6. The smallest absolute Gasteiger partial charge is 0.255 e.